The Balaban J connectivity index is 1.86. The van der Waals surface area contributed by atoms with Crippen molar-refractivity contribution in [3.8, 4) is 0 Å². The van der Waals surface area contributed by atoms with Crippen molar-refractivity contribution in [1.29, 1.82) is 0 Å². The highest BCUT2D eigenvalue weighted by Gasteiger charge is 2.35. The van der Waals surface area contributed by atoms with Gasteiger partial charge in [0.1, 0.15) is 0 Å². The zero-order valence-corrected chi connectivity index (χ0v) is 15.7. The molecule has 1 saturated carbocycles. The van der Waals surface area contributed by atoms with E-state index in [2.05, 4.69) is 24.5 Å². The van der Waals surface area contributed by atoms with Crippen molar-refractivity contribution in [1.82, 2.24) is 5.32 Å². The summed E-state index contributed by atoms with van der Waals surface area (Å²) in [7, 11) is 0. The van der Waals surface area contributed by atoms with Crippen molar-refractivity contribution in [3.05, 3.63) is 29.8 Å². The summed E-state index contributed by atoms with van der Waals surface area (Å²) < 4.78 is 39.1. The number of benzene rings is 1. The first-order valence-electron chi connectivity index (χ1n) is 9.43. The molecule has 1 aromatic carbocycles. The molecule has 1 aliphatic carbocycles. The Labute approximate surface area is 157 Å². The molecule has 0 unspecified atom stereocenters. The standard InChI is InChI=1S/C20H27F3N2O2/c1-13(2)11-12-24-18(26)14-7-9-15(10-8-14)19(27)25-17-6-4-3-5-16(17)20(21,22)23/h3-6,13-15H,7-12H2,1-2H3,(H,24,26)(H,25,27). The van der Waals surface area contributed by atoms with Gasteiger partial charge in [-0.25, -0.2) is 0 Å². The van der Waals surface area contributed by atoms with Gasteiger partial charge in [0.2, 0.25) is 11.8 Å². The quantitative estimate of drug-likeness (QED) is 0.752. The molecule has 0 bridgehead atoms. The number of rotatable bonds is 6. The number of carbonyl (C=O) groups excluding carboxylic acids is 2. The van der Waals surface area contributed by atoms with Gasteiger partial charge < -0.3 is 10.6 Å². The molecule has 0 heterocycles. The van der Waals surface area contributed by atoms with Gasteiger partial charge >= 0.3 is 6.18 Å². The second-order valence-electron chi connectivity index (χ2n) is 7.55. The fourth-order valence-corrected chi connectivity index (χ4v) is 3.32. The molecular weight excluding hydrogens is 357 g/mol. The summed E-state index contributed by atoms with van der Waals surface area (Å²) in [5, 5.41) is 5.35. The molecule has 1 aliphatic rings. The molecule has 27 heavy (non-hydrogen) atoms. The number of nitrogens with one attached hydrogen (secondary N) is 2. The van der Waals surface area contributed by atoms with Crippen LogP contribution >= 0.6 is 0 Å². The van der Waals surface area contributed by atoms with Crippen LogP contribution in [0.5, 0.6) is 0 Å². The van der Waals surface area contributed by atoms with E-state index in [0.29, 0.717) is 38.1 Å². The maximum absolute atomic E-state index is 13.0. The highest BCUT2D eigenvalue weighted by atomic mass is 19.4. The van der Waals surface area contributed by atoms with Gasteiger partial charge in [0.25, 0.3) is 0 Å². The third-order valence-corrected chi connectivity index (χ3v) is 4.98. The molecular formula is C20H27F3N2O2. The van der Waals surface area contributed by atoms with Crippen molar-refractivity contribution in [3.63, 3.8) is 0 Å². The van der Waals surface area contributed by atoms with E-state index in [1.807, 2.05) is 0 Å². The minimum Gasteiger partial charge on any atom is -0.356 e. The SMILES string of the molecule is CC(C)CCNC(=O)C1CCC(C(=O)Nc2ccccc2C(F)(F)F)CC1. The van der Waals surface area contributed by atoms with Crippen LogP contribution in [-0.2, 0) is 15.8 Å². The van der Waals surface area contributed by atoms with E-state index < -0.39 is 17.6 Å². The van der Waals surface area contributed by atoms with Crippen molar-refractivity contribution in [2.75, 3.05) is 11.9 Å². The Morgan fingerprint density at radius 2 is 1.59 bits per heavy atom. The molecule has 150 valence electrons. The monoisotopic (exact) mass is 384 g/mol. The van der Waals surface area contributed by atoms with Gasteiger partial charge in [0.15, 0.2) is 0 Å². The van der Waals surface area contributed by atoms with Gasteiger partial charge in [-0.2, -0.15) is 13.2 Å². The predicted octanol–water partition coefficient (Wildman–Crippen LogP) is 4.61. The molecule has 2 rings (SSSR count). The number of halogens is 3. The predicted molar refractivity (Wildman–Crippen MR) is 98.0 cm³/mol. The summed E-state index contributed by atoms with van der Waals surface area (Å²) in [6.45, 7) is 4.82. The van der Waals surface area contributed by atoms with Gasteiger partial charge in [0, 0.05) is 18.4 Å². The molecule has 0 aliphatic heterocycles. The van der Waals surface area contributed by atoms with E-state index in [4.69, 9.17) is 0 Å². The Kier molecular flexibility index (Phi) is 7.27. The van der Waals surface area contributed by atoms with Crippen LogP contribution in [-0.4, -0.2) is 18.4 Å². The molecule has 0 spiro atoms. The molecule has 2 amide bonds. The largest absolute Gasteiger partial charge is 0.418 e. The summed E-state index contributed by atoms with van der Waals surface area (Å²) in [5.41, 5.74) is -1.07. The zero-order chi connectivity index (χ0) is 20.0. The van der Waals surface area contributed by atoms with Crippen molar-refractivity contribution in [2.45, 2.75) is 52.1 Å². The molecule has 4 nitrogen and oxygen atoms in total. The first-order chi connectivity index (χ1) is 12.7. The van der Waals surface area contributed by atoms with E-state index >= 15 is 0 Å². The topological polar surface area (TPSA) is 58.2 Å². The van der Waals surface area contributed by atoms with Crippen LogP contribution in [0.15, 0.2) is 24.3 Å². The number of amides is 2. The molecule has 1 aromatic rings. The summed E-state index contributed by atoms with van der Waals surface area (Å²) in [5.74, 6) is -0.374. The maximum atomic E-state index is 13.0. The number of hydrogen-bond acceptors (Lipinski definition) is 2. The third-order valence-electron chi connectivity index (χ3n) is 4.98. The smallest absolute Gasteiger partial charge is 0.356 e. The highest BCUT2D eigenvalue weighted by molar-refractivity contribution is 5.93. The minimum atomic E-state index is -4.52. The molecule has 1 fully saturated rings. The molecule has 0 saturated heterocycles. The highest BCUT2D eigenvalue weighted by Crippen LogP contribution is 2.36. The van der Waals surface area contributed by atoms with Crippen LogP contribution in [0.25, 0.3) is 0 Å². The van der Waals surface area contributed by atoms with Crippen molar-refractivity contribution < 1.29 is 22.8 Å². The molecule has 7 heteroatoms. The lowest BCUT2D eigenvalue weighted by molar-refractivity contribution is -0.137. The number of anilines is 1. The lowest BCUT2D eigenvalue weighted by Crippen LogP contribution is -2.36. The van der Waals surface area contributed by atoms with Crippen LogP contribution in [0.3, 0.4) is 0 Å². The summed E-state index contributed by atoms with van der Waals surface area (Å²) in [4.78, 5) is 24.6. The van der Waals surface area contributed by atoms with E-state index in [0.717, 1.165) is 12.5 Å². The number of hydrogen-bond donors (Lipinski definition) is 2. The number of carbonyl (C=O) groups is 2. The second-order valence-corrected chi connectivity index (χ2v) is 7.55. The van der Waals surface area contributed by atoms with Crippen LogP contribution in [0, 0.1) is 17.8 Å². The number of para-hydroxylation sites is 1. The lowest BCUT2D eigenvalue weighted by Gasteiger charge is -2.27. The van der Waals surface area contributed by atoms with E-state index in [-0.39, 0.29) is 23.4 Å². The summed E-state index contributed by atoms with van der Waals surface area (Å²) in [6.07, 6.45) is -1.44. The number of alkyl halides is 3. The lowest BCUT2D eigenvalue weighted by atomic mass is 9.81. The van der Waals surface area contributed by atoms with Gasteiger partial charge in [-0.3, -0.25) is 9.59 Å². The fourth-order valence-electron chi connectivity index (χ4n) is 3.32. The maximum Gasteiger partial charge on any atom is 0.418 e. The average Bonchev–Trinajstić information content (AvgIpc) is 2.61. The van der Waals surface area contributed by atoms with E-state index in [1.54, 1.807) is 0 Å². The Morgan fingerprint density at radius 3 is 2.15 bits per heavy atom. The van der Waals surface area contributed by atoms with Gasteiger partial charge in [0.05, 0.1) is 11.3 Å². The second kappa shape index (κ2) is 9.24. The molecule has 0 radical (unpaired) electrons. The van der Waals surface area contributed by atoms with Crippen LogP contribution < -0.4 is 10.6 Å². The first kappa shape index (κ1) is 21.3. The Bertz CT molecular complexity index is 651. The summed E-state index contributed by atoms with van der Waals surface area (Å²) in [6, 6.07) is 4.97. The summed E-state index contributed by atoms with van der Waals surface area (Å²) >= 11 is 0. The Hall–Kier alpha value is -2.05. The normalized spacial score (nSPS) is 20.4. The van der Waals surface area contributed by atoms with Gasteiger partial charge in [-0.15, -0.1) is 0 Å². The fraction of sp³-hybridized carbons (Fsp3) is 0.600. The molecule has 2 N–H and O–H groups in total. The molecule has 0 aromatic heterocycles. The van der Waals surface area contributed by atoms with Crippen LogP contribution in [0.2, 0.25) is 0 Å². The van der Waals surface area contributed by atoms with Crippen LogP contribution in [0.1, 0.15) is 51.5 Å². The Morgan fingerprint density at radius 1 is 1.04 bits per heavy atom. The third kappa shape index (κ3) is 6.26. The van der Waals surface area contributed by atoms with Crippen molar-refractivity contribution >= 4 is 17.5 Å². The average molecular weight is 384 g/mol. The zero-order valence-electron chi connectivity index (χ0n) is 15.7. The van der Waals surface area contributed by atoms with Gasteiger partial charge in [-0.05, 0) is 50.2 Å². The van der Waals surface area contributed by atoms with Crippen LogP contribution in [0.4, 0.5) is 18.9 Å². The van der Waals surface area contributed by atoms with Gasteiger partial charge in [-0.1, -0.05) is 26.0 Å². The minimum absolute atomic E-state index is 0.0110. The first-order valence-corrected chi connectivity index (χ1v) is 9.43. The molecule has 0 atom stereocenters. The van der Waals surface area contributed by atoms with E-state index in [1.165, 1.54) is 18.2 Å². The van der Waals surface area contributed by atoms with E-state index in [9.17, 15) is 22.8 Å². The van der Waals surface area contributed by atoms with Crippen molar-refractivity contribution in [2.24, 2.45) is 17.8 Å².